The SMILES string of the molecule is CS(=O)(=O)CC(=O)NC(C#N)C1CC1. The highest BCUT2D eigenvalue weighted by atomic mass is 32.2. The molecule has 0 aromatic rings. The van der Waals surface area contributed by atoms with E-state index in [1.807, 2.05) is 6.07 Å². The zero-order valence-electron chi connectivity index (χ0n) is 7.86. The van der Waals surface area contributed by atoms with Gasteiger partial charge in [0.25, 0.3) is 0 Å². The van der Waals surface area contributed by atoms with Gasteiger partial charge in [-0.15, -0.1) is 0 Å². The molecule has 0 heterocycles. The first kappa shape index (κ1) is 11.0. The fourth-order valence-corrected chi connectivity index (χ4v) is 1.70. The molecular formula is C8H12N2O3S. The van der Waals surface area contributed by atoms with Crippen molar-refractivity contribution in [3.8, 4) is 6.07 Å². The summed E-state index contributed by atoms with van der Waals surface area (Å²) in [5.41, 5.74) is 0. The van der Waals surface area contributed by atoms with E-state index in [4.69, 9.17) is 5.26 Å². The van der Waals surface area contributed by atoms with Crippen molar-refractivity contribution >= 4 is 15.7 Å². The van der Waals surface area contributed by atoms with Gasteiger partial charge < -0.3 is 5.32 Å². The normalized spacial score (nSPS) is 18.3. The van der Waals surface area contributed by atoms with E-state index in [1.54, 1.807) is 0 Å². The average Bonchev–Trinajstić information content (AvgIpc) is 2.78. The Hall–Kier alpha value is -1.09. The topological polar surface area (TPSA) is 87.0 Å². The molecule has 1 saturated carbocycles. The Morgan fingerprint density at radius 2 is 2.21 bits per heavy atom. The molecule has 6 heteroatoms. The third kappa shape index (κ3) is 3.75. The number of rotatable bonds is 4. The van der Waals surface area contributed by atoms with Crippen LogP contribution in [-0.2, 0) is 14.6 Å². The van der Waals surface area contributed by atoms with E-state index in [-0.39, 0.29) is 5.92 Å². The molecule has 1 aliphatic rings. The van der Waals surface area contributed by atoms with Gasteiger partial charge in [0.1, 0.15) is 11.8 Å². The maximum Gasteiger partial charge on any atom is 0.236 e. The first-order valence-electron chi connectivity index (χ1n) is 4.29. The Morgan fingerprint density at radius 1 is 1.64 bits per heavy atom. The summed E-state index contributed by atoms with van der Waals surface area (Å²) in [4.78, 5) is 11.1. The van der Waals surface area contributed by atoms with E-state index in [2.05, 4.69) is 5.32 Å². The van der Waals surface area contributed by atoms with Crippen LogP contribution in [0.25, 0.3) is 0 Å². The van der Waals surface area contributed by atoms with E-state index >= 15 is 0 Å². The quantitative estimate of drug-likeness (QED) is 0.683. The monoisotopic (exact) mass is 216 g/mol. The van der Waals surface area contributed by atoms with Gasteiger partial charge in [-0.2, -0.15) is 5.26 Å². The zero-order chi connectivity index (χ0) is 10.8. The highest BCUT2D eigenvalue weighted by Gasteiger charge is 2.32. The third-order valence-electron chi connectivity index (χ3n) is 1.94. The molecule has 0 aromatic carbocycles. The second-order valence-corrected chi connectivity index (χ2v) is 5.72. The van der Waals surface area contributed by atoms with Gasteiger partial charge in [0.05, 0.1) is 6.07 Å². The minimum atomic E-state index is -3.30. The van der Waals surface area contributed by atoms with Crippen molar-refractivity contribution < 1.29 is 13.2 Å². The van der Waals surface area contributed by atoms with E-state index in [9.17, 15) is 13.2 Å². The summed E-state index contributed by atoms with van der Waals surface area (Å²) in [6.07, 6.45) is 2.85. The van der Waals surface area contributed by atoms with Gasteiger partial charge in [-0.1, -0.05) is 0 Å². The molecule has 1 amide bonds. The van der Waals surface area contributed by atoms with Gasteiger partial charge in [0.15, 0.2) is 9.84 Å². The Labute approximate surface area is 83.0 Å². The summed E-state index contributed by atoms with van der Waals surface area (Å²) in [5, 5.41) is 11.1. The molecule has 0 saturated heterocycles. The first-order chi connectivity index (χ1) is 6.42. The molecule has 0 bridgehead atoms. The Kier molecular flexibility index (Phi) is 3.11. The predicted octanol–water partition coefficient (Wildman–Crippen LogP) is -0.551. The predicted molar refractivity (Wildman–Crippen MR) is 50.0 cm³/mol. The van der Waals surface area contributed by atoms with Crippen LogP contribution in [0, 0.1) is 17.2 Å². The highest BCUT2D eigenvalue weighted by molar-refractivity contribution is 7.91. The highest BCUT2D eigenvalue weighted by Crippen LogP contribution is 2.32. The molecule has 1 aliphatic carbocycles. The first-order valence-corrected chi connectivity index (χ1v) is 6.35. The summed E-state index contributed by atoms with van der Waals surface area (Å²) in [6.45, 7) is 0. The van der Waals surface area contributed by atoms with Gasteiger partial charge in [-0.25, -0.2) is 8.42 Å². The smallest absolute Gasteiger partial charge is 0.236 e. The lowest BCUT2D eigenvalue weighted by atomic mass is 10.2. The molecule has 1 rings (SSSR count). The fourth-order valence-electron chi connectivity index (χ4n) is 1.14. The number of nitrogens with zero attached hydrogens (tertiary/aromatic N) is 1. The largest absolute Gasteiger partial charge is 0.339 e. The summed E-state index contributed by atoms with van der Waals surface area (Å²) in [7, 11) is -3.30. The van der Waals surface area contributed by atoms with Crippen LogP contribution in [0.5, 0.6) is 0 Å². The van der Waals surface area contributed by atoms with E-state index in [1.165, 1.54) is 0 Å². The molecule has 5 nitrogen and oxygen atoms in total. The summed E-state index contributed by atoms with van der Waals surface area (Å²) < 4.78 is 21.5. The molecule has 0 aromatic heterocycles. The number of nitrogens with one attached hydrogen (secondary N) is 1. The van der Waals surface area contributed by atoms with Crippen LogP contribution in [0.4, 0.5) is 0 Å². The Balaban J connectivity index is 2.43. The molecule has 0 radical (unpaired) electrons. The number of nitriles is 1. The maximum absolute atomic E-state index is 11.1. The van der Waals surface area contributed by atoms with Gasteiger partial charge in [-0.3, -0.25) is 4.79 Å². The second-order valence-electron chi connectivity index (χ2n) is 3.58. The number of carbonyl (C=O) groups is 1. The molecular weight excluding hydrogens is 204 g/mol. The van der Waals surface area contributed by atoms with Crippen molar-refractivity contribution in [3.05, 3.63) is 0 Å². The van der Waals surface area contributed by atoms with Crippen molar-refractivity contribution in [1.29, 1.82) is 5.26 Å². The molecule has 1 fully saturated rings. The Bertz CT molecular complexity index is 365. The van der Waals surface area contributed by atoms with Gasteiger partial charge in [-0.05, 0) is 18.8 Å². The molecule has 1 N–H and O–H groups in total. The van der Waals surface area contributed by atoms with Crippen LogP contribution in [0.3, 0.4) is 0 Å². The molecule has 0 spiro atoms. The van der Waals surface area contributed by atoms with Crippen molar-refractivity contribution in [2.45, 2.75) is 18.9 Å². The van der Waals surface area contributed by atoms with Crippen LogP contribution < -0.4 is 5.32 Å². The lowest BCUT2D eigenvalue weighted by Crippen LogP contribution is -2.38. The van der Waals surface area contributed by atoms with Crippen molar-refractivity contribution in [2.24, 2.45) is 5.92 Å². The summed E-state index contributed by atoms with van der Waals surface area (Å²) in [6, 6.07) is 1.43. The fraction of sp³-hybridized carbons (Fsp3) is 0.750. The van der Waals surface area contributed by atoms with Gasteiger partial charge >= 0.3 is 0 Å². The number of amides is 1. The van der Waals surface area contributed by atoms with Crippen LogP contribution in [0.15, 0.2) is 0 Å². The zero-order valence-corrected chi connectivity index (χ0v) is 8.67. The van der Waals surface area contributed by atoms with Gasteiger partial charge in [0.2, 0.25) is 5.91 Å². The number of hydrogen-bond donors (Lipinski definition) is 1. The Morgan fingerprint density at radius 3 is 2.57 bits per heavy atom. The summed E-state index contributed by atoms with van der Waals surface area (Å²) >= 11 is 0. The third-order valence-corrected chi connectivity index (χ3v) is 2.73. The minimum absolute atomic E-state index is 0.212. The molecule has 0 aliphatic heterocycles. The number of sulfone groups is 1. The standard InChI is InChI=1S/C8H12N2O3S/c1-14(12,13)5-8(11)10-7(4-9)6-2-3-6/h6-7H,2-3,5H2,1H3,(H,10,11). The van der Waals surface area contributed by atoms with E-state index < -0.39 is 27.5 Å². The molecule has 78 valence electrons. The second kappa shape index (κ2) is 3.96. The number of hydrogen-bond acceptors (Lipinski definition) is 4. The average molecular weight is 216 g/mol. The van der Waals surface area contributed by atoms with Crippen molar-refractivity contribution in [3.63, 3.8) is 0 Å². The number of carbonyl (C=O) groups excluding carboxylic acids is 1. The van der Waals surface area contributed by atoms with Crippen LogP contribution in [0.1, 0.15) is 12.8 Å². The molecule has 1 atom stereocenters. The van der Waals surface area contributed by atoms with Crippen molar-refractivity contribution in [2.75, 3.05) is 12.0 Å². The minimum Gasteiger partial charge on any atom is -0.339 e. The molecule has 14 heavy (non-hydrogen) atoms. The lowest BCUT2D eigenvalue weighted by molar-refractivity contribution is -0.119. The summed E-state index contributed by atoms with van der Waals surface area (Å²) in [5.74, 6) is -0.924. The molecule has 1 unspecified atom stereocenters. The van der Waals surface area contributed by atoms with E-state index in [0.717, 1.165) is 19.1 Å². The van der Waals surface area contributed by atoms with Crippen LogP contribution in [-0.4, -0.2) is 32.4 Å². The maximum atomic E-state index is 11.1. The van der Waals surface area contributed by atoms with E-state index in [0.29, 0.717) is 0 Å². The van der Waals surface area contributed by atoms with Crippen LogP contribution >= 0.6 is 0 Å². The lowest BCUT2D eigenvalue weighted by Gasteiger charge is -2.09. The van der Waals surface area contributed by atoms with Crippen LogP contribution in [0.2, 0.25) is 0 Å². The van der Waals surface area contributed by atoms with Crippen molar-refractivity contribution in [1.82, 2.24) is 5.32 Å². The van der Waals surface area contributed by atoms with Gasteiger partial charge in [0, 0.05) is 6.26 Å².